The van der Waals surface area contributed by atoms with Crippen LogP contribution in [0.4, 0.5) is 0 Å². The Morgan fingerprint density at radius 1 is 1.53 bits per heavy atom. The number of carboxylic acids is 1. The molecule has 0 unspecified atom stereocenters. The number of hydrogen-bond acceptors (Lipinski definition) is 3. The summed E-state index contributed by atoms with van der Waals surface area (Å²) < 4.78 is 2.04. The van der Waals surface area contributed by atoms with E-state index in [1.165, 1.54) is 0 Å². The van der Waals surface area contributed by atoms with Gasteiger partial charge in [0.25, 0.3) is 0 Å². The standard InChI is InChI=1S/C10H8BrNO2S/c11-6-2-1-3-7-10(6)12-8(15-7)4-5-9(13)14/h1-3H,4-5H2,(H,13,14). The van der Waals surface area contributed by atoms with Gasteiger partial charge >= 0.3 is 5.97 Å². The average Bonchev–Trinajstić information content (AvgIpc) is 2.59. The van der Waals surface area contributed by atoms with Crippen LogP contribution in [0.3, 0.4) is 0 Å². The zero-order valence-electron chi connectivity index (χ0n) is 7.74. The minimum atomic E-state index is -0.784. The van der Waals surface area contributed by atoms with Crippen molar-refractivity contribution < 1.29 is 9.90 Å². The molecule has 5 heteroatoms. The molecule has 3 nitrogen and oxygen atoms in total. The quantitative estimate of drug-likeness (QED) is 0.943. The minimum absolute atomic E-state index is 0.136. The second-order valence-corrected chi connectivity index (χ2v) is 5.06. The number of nitrogens with zero attached hydrogens (tertiary/aromatic N) is 1. The maximum Gasteiger partial charge on any atom is 0.303 e. The first-order valence-corrected chi connectivity index (χ1v) is 6.03. The highest BCUT2D eigenvalue weighted by molar-refractivity contribution is 9.10. The van der Waals surface area contributed by atoms with E-state index in [2.05, 4.69) is 20.9 Å². The van der Waals surface area contributed by atoms with Crippen LogP contribution in [-0.4, -0.2) is 16.1 Å². The molecule has 0 aliphatic rings. The van der Waals surface area contributed by atoms with Gasteiger partial charge in [-0.2, -0.15) is 0 Å². The molecule has 0 radical (unpaired) electrons. The second-order valence-electron chi connectivity index (χ2n) is 3.09. The van der Waals surface area contributed by atoms with E-state index < -0.39 is 5.97 Å². The second kappa shape index (κ2) is 4.28. The number of hydrogen-bond donors (Lipinski definition) is 1. The van der Waals surface area contributed by atoms with E-state index in [9.17, 15) is 4.79 Å². The number of carbonyl (C=O) groups is 1. The topological polar surface area (TPSA) is 50.2 Å². The van der Waals surface area contributed by atoms with Crippen molar-refractivity contribution in [1.29, 1.82) is 0 Å². The molecule has 0 saturated carbocycles. The van der Waals surface area contributed by atoms with Gasteiger partial charge in [-0.1, -0.05) is 6.07 Å². The lowest BCUT2D eigenvalue weighted by Crippen LogP contribution is -1.96. The molecule has 0 fully saturated rings. The van der Waals surface area contributed by atoms with E-state index in [1.807, 2.05) is 18.2 Å². The average molecular weight is 286 g/mol. The number of rotatable bonds is 3. The molecule has 15 heavy (non-hydrogen) atoms. The van der Waals surface area contributed by atoms with Gasteiger partial charge in [0, 0.05) is 10.9 Å². The van der Waals surface area contributed by atoms with Gasteiger partial charge < -0.3 is 5.11 Å². The molecule has 0 atom stereocenters. The lowest BCUT2D eigenvalue weighted by molar-refractivity contribution is -0.136. The van der Waals surface area contributed by atoms with Gasteiger partial charge in [0.05, 0.1) is 21.6 Å². The summed E-state index contributed by atoms with van der Waals surface area (Å²) in [6.07, 6.45) is 0.637. The summed E-state index contributed by atoms with van der Waals surface area (Å²) in [5.41, 5.74) is 0.919. The molecule has 2 rings (SSSR count). The van der Waals surface area contributed by atoms with Gasteiger partial charge in [-0.25, -0.2) is 4.98 Å². The van der Waals surface area contributed by atoms with Gasteiger partial charge in [0.15, 0.2) is 0 Å². The summed E-state index contributed by atoms with van der Waals surface area (Å²) in [6.45, 7) is 0. The molecule has 0 aliphatic carbocycles. The largest absolute Gasteiger partial charge is 0.481 e. The van der Waals surface area contributed by atoms with Crippen LogP contribution in [0, 0.1) is 0 Å². The Kier molecular flexibility index (Phi) is 3.02. The first kappa shape index (κ1) is 10.6. The Balaban J connectivity index is 2.31. The SMILES string of the molecule is O=C(O)CCc1nc2c(Br)cccc2s1. The van der Waals surface area contributed by atoms with Crippen molar-refractivity contribution in [2.45, 2.75) is 12.8 Å². The van der Waals surface area contributed by atoms with E-state index in [0.29, 0.717) is 6.42 Å². The third-order valence-electron chi connectivity index (χ3n) is 1.97. The molecular weight excluding hydrogens is 278 g/mol. The van der Waals surface area contributed by atoms with E-state index >= 15 is 0 Å². The lowest BCUT2D eigenvalue weighted by Gasteiger charge is -1.89. The highest BCUT2D eigenvalue weighted by Gasteiger charge is 2.07. The predicted molar refractivity (Wildman–Crippen MR) is 63.3 cm³/mol. The zero-order chi connectivity index (χ0) is 10.8. The van der Waals surface area contributed by atoms with Crippen LogP contribution >= 0.6 is 27.3 Å². The van der Waals surface area contributed by atoms with Crippen LogP contribution in [0.5, 0.6) is 0 Å². The van der Waals surface area contributed by atoms with Crippen LogP contribution < -0.4 is 0 Å². The van der Waals surface area contributed by atoms with Gasteiger partial charge in [-0.15, -0.1) is 11.3 Å². The number of aromatic nitrogens is 1. The number of thiazole rings is 1. The number of aryl methyl sites for hydroxylation is 1. The Morgan fingerprint density at radius 3 is 3.00 bits per heavy atom. The van der Waals surface area contributed by atoms with Crippen molar-refractivity contribution in [3.05, 3.63) is 27.7 Å². The van der Waals surface area contributed by atoms with Crippen molar-refractivity contribution >= 4 is 43.5 Å². The fourth-order valence-corrected chi connectivity index (χ4v) is 2.86. The maximum atomic E-state index is 10.4. The maximum absolute atomic E-state index is 10.4. The smallest absolute Gasteiger partial charge is 0.303 e. The van der Waals surface area contributed by atoms with Crippen LogP contribution in [0.25, 0.3) is 10.2 Å². The molecule has 1 heterocycles. The molecule has 1 aromatic heterocycles. The van der Waals surface area contributed by atoms with E-state index in [0.717, 1.165) is 19.7 Å². The number of halogens is 1. The van der Waals surface area contributed by atoms with Gasteiger partial charge in [-0.3, -0.25) is 4.79 Å². The van der Waals surface area contributed by atoms with Gasteiger partial charge in [0.1, 0.15) is 0 Å². The molecule has 0 spiro atoms. The van der Waals surface area contributed by atoms with Gasteiger partial charge in [0.2, 0.25) is 0 Å². The van der Waals surface area contributed by atoms with Crippen LogP contribution in [-0.2, 0) is 11.2 Å². The van der Waals surface area contributed by atoms with Crippen LogP contribution in [0.15, 0.2) is 22.7 Å². The molecule has 0 aliphatic heterocycles. The van der Waals surface area contributed by atoms with Gasteiger partial charge in [-0.05, 0) is 28.1 Å². The lowest BCUT2D eigenvalue weighted by atomic mass is 10.3. The summed E-state index contributed by atoms with van der Waals surface area (Å²) in [5, 5.41) is 9.45. The minimum Gasteiger partial charge on any atom is -0.481 e. The molecule has 0 saturated heterocycles. The van der Waals surface area contributed by atoms with E-state index in [1.54, 1.807) is 11.3 Å². The fourth-order valence-electron chi connectivity index (χ4n) is 1.28. The summed E-state index contributed by atoms with van der Waals surface area (Å²) in [5.74, 6) is -0.784. The van der Waals surface area contributed by atoms with Crippen LogP contribution in [0.1, 0.15) is 11.4 Å². The van der Waals surface area contributed by atoms with Crippen molar-refractivity contribution in [3.63, 3.8) is 0 Å². The van der Waals surface area contributed by atoms with E-state index in [-0.39, 0.29) is 6.42 Å². The van der Waals surface area contributed by atoms with Crippen molar-refractivity contribution in [2.75, 3.05) is 0 Å². The molecule has 1 N–H and O–H groups in total. The van der Waals surface area contributed by atoms with Crippen molar-refractivity contribution in [3.8, 4) is 0 Å². The third kappa shape index (κ3) is 2.35. The summed E-state index contributed by atoms with van der Waals surface area (Å²) in [7, 11) is 0. The highest BCUT2D eigenvalue weighted by atomic mass is 79.9. The Labute approximate surface area is 98.9 Å². The molecule has 78 valence electrons. The molecule has 0 bridgehead atoms. The summed E-state index contributed by atoms with van der Waals surface area (Å²) in [6, 6.07) is 5.87. The third-order valence-corrected chi connectivity index (χ3v) is 3.69. The Morgan fingerprint density at radius 2 is 2.33 bits per heavy atom. The number of benzene rings is 1. The molecular formula is C10H8BrNO2S. The molecule has 2 aromatic rings. The number of carboxylic acid groups (broad SMARTS) is 1. The number of fused-ring (bicyclic) bond motifs is 1. The summed E-state index contributed by atoms with van der Waals surface area (Å²) in [4.78, 5) is 14.8. The zero-order valence-corrected chi connectivity index (χ0v) is 10.1. The number of aliphatic carboxylic acids is 1. The van der Waals surface area contributed by atoms with Crippen molar-refractivity contribution in [2.24, 2.45) is 0 Å². The van der Waals surface area contributed by atoms with Crippen LogP contribution in [0.2, 0.25) is 0 Å². The highest BCUT2D eigenvalue weighted by Crippen LogP contribution is 2.28. The van der Waals surface area contributed by atoms with Crippen molar-refractivity contribution in [1.82, 2.24) is 4.98 Å². The monoisotopic (exact) mass is 285 g/mol. The molecule has 0 amide bonds. The Hall–Kier alpha value is -0.940. The first-order chi connectivity index (χ1) is 7.16. The fraction of sp³-hybridized carbons (Fsp3) is 0.200. The number of para-hydroxylation sites is 1. The Bertz CT molecular complexity index is 509. The summed E-state index contributed by atoms with van der Waals surface area (Å²) >= 11 is 4.97. The first-order valence-electron chi connectivity index (χ1n) is 4.42. The normalized spacial score (nSPS) is 10.7. The predicted octanol–water partition coefficient (Wildman–Crippen LogP) is 3.08. The van der Waals surface area contributed by atoms with E-state index in [4.69, 9.17) is 5.11 Å². The molecule has 1 aromatic carbocycles.